The van der Waals surface area contributed by atoms with E-state index in [1.165, 1.54) is 12.3 Å². The lowest BCUT2D eigenvalue weighted by atomic mass is 10.2. The molecule has 1 N–H and O–H groups in total. The van der Waals surface area contributed by atoms with Crippen LogP contribution in [0.4, 0.5) is 5.69 Å². The van der Waals surface area contributed by atoms with Crippen LogP contribution < -0.4 is 4.72 Å². The summed E-state index contributed by atoms with van der Waals surface area (Å²) in [5, 5.41) is 0.119. The lowest BCUT2D eigenvalue weighted by Crippen LogP contribution is -2.13. The van der Waals surface area contributed by atoms with Crippen LogP contribution in [-0.4, -0.2) is 13.4 Å². The SMILES string of the molecule is Cc1cccc(S(=O)(=O)Nc2cccnc2Cl)c1. The van der Waals surface area contributed by atoms with Crippen LogP contribution in [0.25, 0.3) is 0 Å². The van der Waals surface area contributed by atoms with Crippen LogP contribution in [0, 0.1) is 6.92 Å². The molecule has 6 heteroatoms. The molecule has 0 bridgehead atoms. The fraction of sp³-hybridized carbons (Fsp3) is 0.0833. The van der Waals surface area contributed by atoms with E-state index in [0.29, 0.717) is 0 Å². The maximum atomic E-state index is 12.1. The second-order valence-electron chi connectivity index (χ2n) is 3.76. The number of nitrogens with zero attached hydrogens (tertiary/aromatic N) is 1. The molecular formula is C12H11ClN2O2S. The molecule has 0 spiro atoms. The molecule has 2 rings (SSSR count). The Hall–Kier alpha value is -1.59. The van der Waals surface area contributed by atoms with Gasteiger partial charge in [-0.15, -0.1) is 0 Å². The summed E-state index contributed by atoms with van der Waals surface area (Å²) in [6, 6.07) is 9.81. The number of rotatable bonds is 3. The van der Waals surface area contributed by atoms with Gasteiger partial charge in [-0.1, -0.05) is 23.7 Å². The highest BCUT2D eigenvalue weighted by Crippen LogP contribution is 2.22. The zero-order valence-corrected chi connectivity index (χ0v) is 11.2. The minimum atomic E-state index is -3.63. The molecule has 4 nitrogen and oxygen atoms in total. The number of halogens is 1. The highest BCUT2D eigenvalue weighted by Gasteiger charge is 2.15. The summed E-state index contributed by atoms with van der Waals surface area (Å²) in [5.41, 5.74) is 1.14. The third-order valence-corrected chi connectivity index (χ3v) is 3.97. The molecule has 0 aliphatic carbocycles. The Labute approximate surface area is 111 Å². The first-order chi connectivity index (χ1) is 8.49. The summed E-state index contributed by atoms with van der Waals surface area (Å²) in [6.07, 6.45) is 1.49. The Morgan fingerprint density at radius 1 is 1.22 bits per heavy atom. The maximum absolute atomic E-state index is 12.1. The molecule has 0 radical (unpaired) electrons. The molecule has 0 atom stereocenters. The van der Waals surface area contributed by atoms with Gasteiger partial charge in [0.1, 0.15) is 0 Å². The highest BCUT2D eigenvalue weighted by molar-refractivity contribution is 7.92. The third-order valence-electron chi connectivity index (χ3n) is 2.30. The van der Waals surface area contributed by atoms with Gasteiger partial charge in [-0.3, -0.25) is 4.72 Å². The zero-order chi connectivity index (χ0) is 13.2. The second kappa shape index (κ2) is 4.96. The van der Waals surface area contributed by atoms with Crippen molar-refractivity contribution >= 4 is 27.3 Å². The summed E-state index contributed by atoms with van der Waals surface area (Å²) >= 11 is 5.81. The van der Waals surface area contributed by atoms with E-state index in [1.807, 2.05) is 13.0 Å². The molecular weight excluding hydrogens is 272 g/mol. The largest absolute Gasteiger partial charge is 0.276 e. The molecule has 0 aliphatic rings. The van der Waals surface area contributed by atoms with Gasteiger partial charge in [-0.05, 0) is 36.8 Å². The fourth-order valence-corrected chi connectivity index (χ4v) is 2.84. The molecule has 0 aliphatic heterocycles. The van der Waals surface area contributed by atoms with E-state index in [-0.39, 0.29) is 15.7 Å². The lowest BCUT2D eigenvalue weighted by Gasteiger charge is -2.09. The monoisotopic (exact) mass is 282 g/mol. The van der Waals surface area contributed by atoms with E-state index in [1.54, 1.807) is 24.3 Å². The van der Waals surface area contributed by atoms with E-state index in [0.717, 1.165) is 5.56 Å². The molecule has 0 fully saturated rings. The predicted molar refractivity (Wildman–Crippen MR) is 71.2 cm³/mol. The fourth-order valence-electron chi connectivity index (χ4n) is 1.45. The first-order valence-corrected chi connectivity index (χ1v) is 7.05. The van der Waals surface area contributed by atoms with Crippen molar-refractivity contribution in [3.8, 4) is 0 Å². The van der Waals surface area contributed by atoms with Crippen LogP contribution in [0.1, 0.15) is 5.56 Å². The minimum Gasteiger partial charge on any atom is -0.276 e. The van der Waals surface area contributed by atoms with E-state index >= 15 is 0 Å². The van der Waals surface area contributed by atoms with Gasteiger partial charge in [-0.25, -0.2) is 13.4 Å². The van der Waals surface area contributed by atoms with Crippen molar-refractivity contribution in [3.63, 3.8) is 0 Å². The van der Waals surface area contributed by atoms with Gasteiger partial charge in [0, 0.05) is 6.20 Å². The van der Waals surface area contributed by atoms with Crippen molar-refractivity contribution in [1.29, 1.82) is 0 Å². The minimum absolute atomic E-state index is 0.119. The average Bonchev–Trinajstić information content (AvgIpc) is 2.32. The number of sulfonamides is 1. The van der Waals surface area contributed by atoms with E-state index in [2.05, 4.69) is 9.71 Å². The van der Waals surface area contributed by atoms with Gasteiger partial charge >= 0.3 is 0 Å². The number of anilines is 1. The van der Waals surface area contributed by atoms with E-state index < -0.39 is 10.0 Å². The summed E-state index contributed by atoms with van der Waals surface area (Å²) in [4.78, 5) is 4.01. The van der Waals surface area contributed by atoms with Crippen LogP contribution in [0.2, 0.25) is 5.15 Å². The molecule has 0 saturated carbocycles. The Kier molecular flexibility index (Phi) is 3.54. The molecule has 1 aromatic carbocycles. The molecule has 94 valence electrons. The van der Waals surface area contributed by atoms with Crippen LogP contribution in [0.3, 0.4) is 0 Å². The van der Waals surface area contributed by atoms with Gasteiger partial charge in [0.15, 0.2) is 5.15 Å². The molecule has 0 unspecified atom stereocenters. The van der Waals surface area contributed by atoms with Gasteiger partial charge in [0.05, 0.1) is 10.6 Å². The summed E-state index contributed by atoms with van der Waals surface area (Å²) in [6.45, 7) is 1.83. The molecule has 18 heavy (non-hydrogen) atoms. The molecule has 1 aromatic heterocycles. The predicted octanol–water partition coefficient (Wildman–Crippen LogP) is 2.84. The molecule has 0 amide bonds. The number of aryl methyl sites for hydroxylation is 1. The topological polar surface area (TPSA) is 59.1 Å². The lowest BCUT2D eigenvalue weighted by molar-refractivity contribution is 0.601. The summed E-state index contributed by atoms with van der Waals surface area (Å²) in [7, 11) is -3.63. The number of pyridine rings is 1. The van der Waals surface area contributed by atoms with Crippen molar-refractivity contribution in [3.05, 3.63) is 53.3 Å². The number of nitrogens with one attached hydrogen (secondary N) is 1. The van der Waals surface area contributed by atoms with Gasteiger partial charge < -0.3 is 0 Å². The number of hydrogen-bond acceptors (Lipinski definition) is 3. The normalized spacial score (nSPS) is 11.2. The summed E-state index contributed by atoms with van der Waals surface area (Å²) in [5.74, 6) is 0. The smallest absolute Gasteiger partial charge is 0.262 e. The van der Waals surface area contributed by atoms with Crippen LogP contribution in [0.5, 0.6) is 0 Å². The van der Waals surface area contributed by atoms with Gasteiger partial charge in [0.25, 0.3) is 10.0 Å². The molecule has 0 saturated heterocycles. The Balaban J connectivity index is 2.37. The van der Waals surface area contributed by atoms with Crippen molar-refractivity contribution in [2.45, 2.75) is 11.8 Å². The Bertz CT molecular complexity index is 671. The van der Waals surface area contributed by atoms with Gasteiger partial charge in [0.2, 0.25) is 0 Å². The van der Waals surface area contributed by atoms with Crippen molar-refractivity contribution < 1.29 is 8.42 Å². The first-order valence-electron chi connectivity index (χ1n) is 5.19. The van der Waals surface area contributed by atoms with Crippen molar-refractivity contribution in [2.75, 3.05) is 4.72 Å². The highest BCUT2D eigenvalue weighted by atomic mass is 35.5. The average molecular weight is 283 g/mol. The van der Waals surface area contributed by atoms with E-state index in [4.69, 9.17) is 11.6 Å². The van der Waals surface area contributed by atoms with Crippen LogP contribution in [-0.2, 0) is 10.0 Å². The first kappa shape index (κ1) is 12.9. The third kappa shape index (κ3) is 2.80. The second-order valence-corrected chi connectivity index (χ2v) is 5.80. The Morgan fingerprint density at radius 3 is 2.67 bits per heavy atom. The number of benzene rings is 1. The zero-order valence-electron chi connectivity index (χ0n) is 9.59. The summed E-state index contributed by atoms with van der Waals surface area (Å²) < 4.78 is 26.6. The number of aromatic nitrogens is 1. The van der Waals surface area contributed by atoms with E-state index in [9.17, 15) is 8.42 Å². The molecule has 2 aromatic rings. The van der Waals surface area contributed by atoms with Crippen molar-refractivity contribution in [1.82, 2.24) is 4.98 Å². The molecule has 1 heterocycles. The quantitative estimate of drug-likeness (QED) is 0.881. The van der Waals surface area contributed by atoms with Crippen LogP contribution in [0.15, 0.2) is 47.5 Å². The van der Waals surface area contributed by atoms with Crippen LogP contribution >= 0.6 is 11.6 Å². The van der Waals surface area contributed by atoms with Gasteiger partial charge in [-0.2, -0.15) is 0 Å². The van der Waals surface area contributed by atoms with Crippen molar-refractivity contribution in [2.24, 2.45) is 0 Å². The Morgan fingerprint density at radius 2 is 2.00 bits per heavy atom. The maximum Gasteiger partial charge on any atom is 0.262 e. The standard InChI is InChI=1S/C12H11ClN2O2S/c1-9-4-2-5-10(8-9)18(16,17)15-11-6-3-7-14-12(11)13/h2-8,15H,1H3. The number of hydrogen-bond donors (Lipinski definition) is 1.